The number of carbonyl (C=O) groups excluding carboxylic acids is 4. The predicted octanol–water partition coefficient (Wildman–Crippen LogP) is 20.1. The zero-order chi connectivity index (χ0) is 66.8. The molecule has 0 spiro atoms. The number of aliphatic hydroxyl groups excluding tert-OH is 1. The average molecular weight is 1330 g/mol. The molecule has 0 fully saturated rings. The third-order valence-electron chi connectivity index (χ3n) is 16.7. The van der Waals surface area contributed by atoms with E-state index in [0.717, 1.165) is 114 Å². The number of carbonyl (C=O) groups is 4. The Kier molecular flexibility index (Phi) is 59.4. The minimum Gasteiger partial charge on any atom is -0.462 e. The van der Waals surface area contributed by atoms with Crippen LogP contribution < -0.4 is 0 Å². The largest absolute Gasteiger partial charge is 0.472 e. The van der Waals surface area contributed by atoms with Crippen LogP contribution in [0.2, 0.25) is 0 Å². The molecule has 0 saturated carbocycles. The molecule has 0 amide bonds. The zero-order valence-electron chi connectivity index (χ0n) is 58.8. The molecule has 3 unspecified atom stereocenters. The minimum absolute atomic E-state index is 0.104. The van der Waals surface area contributed by atoms with Crippen molar-refractivity contribution < 1.29 is 80.2 Å². The van der Waals surface area contributed by atoms with Crippen molar-refractivity contribution >= 4 is 39.5 Å². The lowest BCUT2D eigenvalue weighted by molar-refractivity contribution is -0.161. The summed E-state index contributed by atoms with van der Waals surface area (Å²) in [5.41, 5.74) is 0. The summed E-state index contributed by atoms with van der Waals surface area (Å²) in [6, 6.07) is 0. The molecule has 0 bridgehead atoms. The van der Waals surface area contributed by atoms with Gasteiger partial charge in [0.25, 0.3) is 0 Å². The van der Waals surface area contributed by atoms with Gasteiger partial charge in [0, 0.05) is 25.7 Å². The van der Waals surface area contributed by atoms with Crippen molar-refractivity contribution in [2.75, 3.05) is 39.6 Å². The number of phosphoric ester groups is 2. The second kappa shape index (κ2) is 60.7. The number of hydrogen-bond donors (Lipinski definition) is 3. The fourth-order valence-electron chi connectivity index (χ4n) is 10.6. The smallest absolute Gasteiger partial charge is 0.462 e. The summed E-state index contributed by atoms with van der Waals surface area (Å²) in [6.45, 7) is 14.1. The van der Waals surface area contributed by atoms with E-state index in [0.29, 0.717) is 31.6 Å². The quantitative estimate of drug-likeness (QED) is 0.0222. The van der Waals surface area contributed by atoms with E-state index in [1.54, 1.807) is 0 Å². The van der Waals surface area contributed by atoms with Gasteiger partial charge in [0.1, 0.15) is 19.3 Å². The number of hydrogen-bond acceptors (Lipinski definition) is 15. The summed E-state index contributed by atoms with van der Waals surface area (Å²) >= 11 is 0. The maximum absolute atomic E-state index is 13.0. The van der Waals surface area contributed by atoms with Gasteiger partial charge in [0.05, 0.1) is 26.4 Å². The molecular formula is C71H138O17P2. The Morgan fingerprint density at radius 1 is 0.311 bits per heavy atom. The number of phosphoric acid groups is 2. The number of esters is 4. The van der Waals surface area contributed by atoms with Gasteiger partial charge in [0.2, 0.25) is 0 Å². The summed E-state index contributed by atoms with van der Waals surface area (Å²) in [5.74, 6) is 0.876. The van der Waals surface area contributed by atoms with Gasteiger partial charge in [-0.2, -0.15) is 0 Å². The second-order valence-electron chi connectivity index (χ2n) is 27.3. The number of aliphatic hydroxyl groups is 1. The highest BCUT2D eigenvalue weighted by molar-refractivity contribution is 7.47. The molecule has 3 N–H and O–H groups in total. The van der Waals surface area contributed by atoms with E-state index in [-0.39, 0.29) is 25.7 Å². The standard InChI is InChI=1S/C71H138O17P2/c1-9-64(8)50-42-34-25-19-14-16-22-28-38-46-54-71(76)87-66(57-81-68(73)51-43-35-26-20-12-10-11-17-23-31-39-47-61(2)3)59-85-89(77,78)83-55-65(72)56-84-90(79,80)86-60-67(58-82-69(74)52-44-36-30-29-33-41-49-63(6)7)88-70(75)53-45-37-27-21-15-13-18-24-32-40-48-62(4)5/h61-67,72H,9-60H2,1-8H3,(H,77,78)(H,79,80)/t64?,65-,66-,67-/m1/s1. The van der Waals surface area contributed by atoms with Crippen LogP contribution in [-0.4, -0.2) is 96.7 Å². The molecule has 0 aromatic heterocycles. The van der Waals surface area contributed by atoms with Crippen molar-refractivity contribution in [1.82, 2.24) is 0 Å². The number of unbranched alkanes of at least 4 members (excludes halogenated alkanes) is 33. The van der Waals surface area contributed by atoms with Crippen LogP contribution in [0, 0.1) is 23.7 Å². The Balaban J connectivity index is 5.26. The minimum atomic E-state index is -4.95. The van der Waals surface area contributed by atoms with E-state index in [1.165, 1.54) is 148 Å². The van der Waals surface area contributed by atoms with Gasteiger partial charge in [-0.25, -0.2) is 9.13 Å². The van der Waals surface area contributed by atoms with E-state index in [1.807, 2.05) is 0 Å². The molecule has 0 aliphatic carbocycles. The summed E-state index contributed by atoms with van der Waals surface area (Å²) in [6.07, 6.45) is 43.1. The van der Waals surface area contributed by atoms with Crippen LogP contribution >= 0.6 is 15.6 Å². The lowest BCUT2D eigenvalue weighted by Gasteiger charge is -2.21. The normalized spacial score (nSPS) is 14.6. The van der Waals surface area contributed by atoms with Crippen LogP contribution in [0.3, 0.4) is 0 Å². The molecule has 0 aromatic carbocycles. The molecule has 17 nitrogen and oxygen atoms in total. The molecule has 0 aromatic rings. The number of ether oxygens (including phenoxy) is 4. The van der Waals surface area contributed by atoms with Crippen molar-refractivity contribution in [3.05, 3.63) is 0 Å². The molecule has 6 atom stereocenters. The van der Waals surface area contributed by atoms with E-state index < -0.39 is 97.5 Å². The maximum atomic E-state index is 13.0. The van der Waals surface area contributed by atoms with Crippen LogP contribution in [0.4, 0.5) is 0 Å². The third kappa shape index (κ3) is 63.5. The highest BCUT2D eigenvalue weighted by Crippen LogP contribution is 2.45. The monoisotopic (exact) mass is 1320 g/mol. The Morgan fingerprint density at radius 3 is 0.789 bits per heavy atom. The molecule has 0 saturated heterocycles. The van der Waals surface area contributed by atoms with Crippen LogP contribution in [0.15, 0.2) is 0 Å². The molecule has 19 heteroatoms. The summed E-state index contributed by atoms with van der Waals surface area (Å²) in [5, 5.41) is 10.6. The first-order valence-corrected chi connectivity index (χ1v) is 39.7. The Labute approximate surface area is 549 Å². The highest BCUT2D eigenvalue weighted by Gasteiger charge is 2.30. The molecule has 0 aliphatic rings. The van der Waals surface area contributed by atoms with Crippen LogP contribution in [0.25, 0.3) is 0 Å². The average Bonchev–Trinajstić information content (AvgIpc) is 3.38. The lowest BCUT2D eigenvalue weighted by Crippen LogP contribution is -2.30. The van der Waals surface area contributed by atoms with E-state index >= 15 is 0 Å². The molecular weight excluding hydrogens is 1190 g/mol. The first-order valence-electron chi connectivity index (χ1n) is 36.7. The van der Waals surface area contributed by atoms with Crippen LogP contribution in [0.1, 0.15) is 351 Å². The van der Waals surface area contributed by atoms with E-state index in [4.69, 9.17) is 37.0 Å². The first kappa shape index (κ1) is 88.1. The van der Waals surface area contributed by atoms with Gasteiger partial charge in [-0.1, -0.05) is 299 Å². The van der Waals surface area contributed by atoms with E-state index in [9.17, 15) is 43.2 Å². The Bertz CT molecular complexity index is 1780. The predicted molar refractivity (Wildman–Crippen MR) is 363 cm³/mol. The van der Waals surface area contributed by atoms with Gasteiger partial charge in [-0.3, -0.25) is 37.3 Å². The van der Waals surface area contributed by atoms with Crippen molar-refractivity contribution in [2.24, 2.45) is 23.7 Å². The van der Waals surface area contributed by atoms with E-state index in [2.05, 4.69) is 55.4 Å². The molecule has 0 rings (SSSR count). The van der Waals surface area contributed by atoms with Crippen molar-refractivity contribution in [1.29, 1.82) is 0 Å². The molecule has 534 valence electrons. The van der Waals surface area contributed by atoms with Crippen molar-refractivity contribution in [3.8, 4) is 0 Å². The van der Waals surface area contributed by atoms with Gasteiger partial charge < -0.3 is 33.8 Å². The fourth-order valence-corrected chi connectivity index (χ4v) is 12.2. The Morgan fingerprint density at radius 2 is 0.533 bits per heavy atom. The molecule has 0 heterocycles. The number of rotatable bonds is 68. The summed E-state index contributed by atoms with van der Waals surface area (Å²) in [7, 11) is -9.90. The van der Waals surface area contributed by atoms with Gasteiger partial charge in [0.15, 0.2) is 12.2 Å². The van der Waals surface area contributed by atoms with Crippen molar-refractivity contribution in [3.63, 3.8) is 0 Å². The molecule has 0 aliphatic heterocycles. The highest BCUT2D eigenvalue weighted by atomic mass is 31.2. The molecule has 90 heavy (non-hydrogen) atoms. The Hall–Kier alpha value is -1.94. The van der Waals surface area contributed by atoms with Crippen molar-refractivity contribution in [2.45, 2.75) is 369 Å². The maximum Gasteiger partial charge on any atom is 0.472 e. The third-order valence-corrected chi connectivity index (χ3v) is 18.6. The lowest BCUT2D eigenvalue weighted by atomic mass is 9.99. The molecule has 0 radical (unpaired) electrons. The second-order valence-corrected chi connectivity index (χ2v) is 30.2. The zero-order valence-corrected chi connectivity index (χ0v) is 60.6. The summed E-state index contributed by atoms with van der Waals surface area (Å²) < 4.78 is 68.3. The van der Waals surface area contributed by atoms with Gasteiger partial charge >= 0.3 is 39.5 Å². The summed E-state index contributed by atoms with van der Waals surface area (Å²) in [4.78, 5) is 72.6. The van der Waals surface area contributed by atoms with Crippen LogP contribution in [-0.2, 0) is 65.4 Å². The fraction of sp³-hybridized carbons (Fsp3) is 0.944. The topological polar surface area (TPSA) is 237 Å². The first-order chi connectivity index (χ1) is 43.1. The van der Waals surface area contributed by atoms with Crippen LogP contribution in [0.5, 0.6) is 0 Å². The SMILES string of the molecule is CCC(C)CCCCCCCCCCCCC(=O)O[C@H](COC(=O)CCCCCCCCCCCCCC(C)C)COP(=O)(O)OC[C@@H](O)COP(=O)(O)OC[C@@H](COC(=O)CCCCCCCCC(C)C)OC(=O)CCCCCCCCCCCCC(C)C. The van der Waals surface area contributed by atoms with Gasteiger partial charge in [-0.15, -0.1) is 0 Å². The van der Waals surface area contributed by atoms with Gasteiger partial charge in [-0.05, 0) is 49.4 Å².